The maximum absolute atomic E-state index is 13.2. The third-order valence-corrected chi connectivity index (χ3v) is 6.80. The zero-order valence-electron chi connectivity index (χ0n) is 20.1. The van der Waals surface area contributed by atoms with Crippen LogP contribution >= 0.6 is 0 Å². The van der Waals surface area contributed by atoms with E-state index < -0.39 is 17.6 Å². The number of hydrogen-bond acceptors (Lipinski definition) is 5. The number of fused-ring (bicyclic) bond motifs is 1. The summed E-state index contributed by atoms with van der Waals surface area (Å²) in [6, 6.07) is 9.52. The van der Waals surface area contributed by atoms with Crippen LogP contribution in [0.25, 0.3) is 17.1 Å². The fourth-order valence-electron chi connectivity index (χ4n) is 5.11. The number of allylic oxidation sites excluding steroid dienone is 1. The van der Waals surface area contributed by atoms with Crippen LogP contribution in [-0.4, -0.2) is 20.7 Å². The van der Waals surface area contributed by atoms with E-state index in [4.69, 9.17) is 11.6 Å². The molecule has 6 nitrogen and oxygen atoms in total. The SMILES string of the molecule is CCC1CC(Cn2cnc(-c3cc(/C(N)=C(/NN)C(F)(F)F)ccn3)c2)c2cccc(C(C)C)c21. The third-order valence-electron chi connectivity index (χ3n) is 6.80. The lowest BCUT2D eigenvalue weighted by molar-refractivity contribution is -0.0961. The second-order valence-corrected chi connectivity index (χ2v) is 9.36. The van der Waals surface area contributed by atoms with Gasteiger partial charge in [-0.15, -0.1) is 0 Å². The van der Waals surface area contributed by atoms with Crippen LogP contribution in [0.2, 0.25) is 0 Å². The third kappa shape index (κ3) is 4.91. The minimum Gasteiger partial charge on any atom is -0.397 e. The number of rotatable bonds is 7. The van der Waals surface area contributed by atoms with Crippen LogP contribution in [0.1, 0.15) is 73.6 Å². The summed E-state index contributed by atoms with van der Waals surface area (Å²) in [6.45, 7) is 7.49. The van der Waals surface area contributed by atoms with E-state index in [9.17, 15) is 13.2 Å². The topological polar surface area (TPSA) is 94.8 Å². The smallest absolute Gasteiger partial charge is 0.397 e. The summed E-state index contributed by atoms with van der Waals surface area (Å²) in [5.41, 5.74) is 11.2. The summed E-state index contributed by atoms with van der Waals surface area (Å²) in [4.78, 5) is 8.75. The summed E-state index contributed by atoms with van der Waals surface area (Å²) in [5, 5.41) is 0. The van der Waals surface area contributed by atoms with Crippen LogP contribution in [0, 0.1) is 0 Å². The second kappa shape index (κ2) is 9.73. The average molecular weight is 485 g/mol. The van der Waals surface area contributed by atoms with Crippen LogP contribution in [0.5, 0.6) is 0 Å². The molecule has 0 aliphatic heterocycles. The quantitative estimate of drug-likeness (QED) is 0.308. The van der Waals surface area contributed by atoms with Crippen molar-refractivity contribution in [1.29, 1.82) is 0 Å². The number of nitrogens with two attached hydrogens (primary N) is 2. The maximum atomic E-state index is 13.2. The molecule has 0 saturated carbocycles. The van der Waals surface area contributed by atoms with Gasteiger partial charge in [-0.1, -0.05) is 39.0 Å². The van der Waals surface area contributed by atoms with Crippen LogP contribution in [0.15, 0.2) is 54.7 Å². The van der Waals surface area contributed by atoms with Crippen molar-refractivity contribution < 1.29 is 13.2 Å². The average Bonchev–Trinajstić information content (AvgIpc) is 3.43. The van der Waals surface area contributed by atoms with Crippen molar-refractivity contribution in [3.8, 4) is 11.4 Å². The van der Waals surface area contributed by atoms with Gasteiger partial charge >= 0.3 is 6.18 Å². The van der Waals surface area contributed by atoms with Gasteiger partial charge in [-0.2, -0.15) is 13.2 Å². The molecule has 3 aromatic rings. The summed E-state index contributed by atoms with van der Waals surface area (Å²) < 4.78 is 41.6. The summed E-state index contributed by atoms with van der Waals surface area (Å²) in [6.07, 6.45) is 2.52. The Morgan fingerprint density at radius 1 is 1.17 bits per heavy atom. The molecule has 9 heteroatoms. The first-order chi connectivity index (χ1) is 16.6. The van der Waals surface area contributed by atoms with Crippen molar-refractivity contribution in [2.24, 2.45) is 11.6 Å². The second-order valence-electron chi connectivity index (χ2n) is 9.36. The number of imidazole rings is 1. The van der Waals surface area contributed by atoms with Crippen LogP contribution in [0.4, 0.5) is 13.2 Å². The molecule has 0 amide bonds. The predicted octanol–water partition coefficient (Wildman–Crippen LogP) is 5.40. The maximum Gasteiger partial charge on any atom is 0.434 e. The van der Waals surface area contributed by atoms with Gasteiger partial charge in [0.05, 0.1) is 17.7 Å². The van der Waals surface area contributed by atoms with Crippen molar-refractivity contribution in [2.75, 3.05) is 0 Å². The molecule has 0 bridgehead atoms. The van der Waals surface area contributed by atoms with E-state index in [0.29, 0.717) is 29.1 Å². The molecule has 0 saturated heterocycles. The Bertz CT molecular complexity index is 1230. The minimum atomic E-state index is -4.70. The van der Waals surface area contributed by atoms with Crippen molar-refractivity contribution in [1.82, 2.24) is 20.0 Å². The van der Waals surface area contributed by atoms with Gasteiger partial charge in [0.1, 0.15) is 5.69 Å². The van der Waals surface area contributed by atoms with Crippen molar-refractivity contribution in [3.63, 3.8) is 0 Å². The van der Waals surface area contributed by atoms with Crippen LogP contribution < -0.4 is 17.0 Å². The van der Waals surface area contributed by atoms with E-state index in [-0.39, 0.29) is 5.56 Å². The van der Waals surface area contributed by atoms with Gasteiger partial charge in [0.25, 0.3) is 0 Å². The summed E-state index contributed by atoms with van der Waals surface area (Å²) >= 11 is 0. The van der Waals surface area contributed by atoms with Crippen molar-refractivity contribution in [3.05, 3.63) is 77.0 Å². The predicted molar refractivity (Wildman–Crippen MR) is 131 cm³/mol. The Morgan fingerprint density at radius 3 is 2.60 bits per heavy atom. The number of hydrogen-bond donors (Lipinski definition) is 3. The first-order valence-electron chi connectivity index (χ1n) is 11.8. The molecule has 2 heterocycles. The molecule has 0 spiro atoms. The molecular weight excluding hydrogens is 453 g/mol. The standard InChI is InChI=1S/C26H31F3N6/c1-4-16-10-18(20-7-5-6-19(15(2)3)23(16)20)12-35-13-22(33-14-35)21-11-17(8-9-32-21)24(30)25(34-31)26(27,28)29/h5-9,11,13-16,18,34H,4,10,12,30-31H2,1-3H3/b25-24-. The number of nitrogens with one attached hydrogen (secondary N) is 1. The highest BCUT2D eigenvalue weighted by Crippen LogP contribution is 2.47. The first kappa shape index (κ1) is 24.8. The zero-order chi connectivity index (χ0) is 25.3. The molecule has 2 unspecified atom stereocenters. The highest BCUT2D eigenvalue weighted by Gasteiger charge is 2.36. The number of alkyl halides is 3. The number of aromatic nitrogens is 3. The lowest BCUT2D eigenvalue weighted by Crippen LogP contribution is -2.34. The lowest BCUT2D eigenvalue weighted by atomic mass is 9.88. The molecule has 0 radical (unpaired) electrons. The van der Waals surface area contributed by atoms with E-state index in [2.05, 4.69) is 48.9 Å². The fraction of sp³-hybridized carbons (Fsp3) is 0.385. The van der Waals surface area contributed by atoms with Gasteiger partial charge in [-0.25, -0.2) is 4.98 Å². The van der Waals surface area contributed by atoms with E-state index in [1.807, 2.05) is 10.8 Å². The van der Waals surface area contributed by atoms with Gasteiger partial charge in [0, 0.05) is 30.4 Å². The molecule has 2 atom stereocenters. The van der Waals surface area contributed by atoms with Gasteiger partial charge in [-0.3, -0.25) is 10.8 Å². The normalized spacial score (nSPS) is 18.5. The molecule has 35 heavy (non-hydrogen) atoms. The summed E-state index contributed by atoms with van der Waals surface area (Å²) in [7, 11) is 0. The molecular formula is C26H31F3N6. The molecule has 1 aliphatic carbocycles. The first-order valence-corrected chi connectivity index (χ1v) is 11.8. The molecule has 4 rings (SSSR count). The van der Waals surface area contributed by atoms with Crippen LogP contribution in [-0.2, 0) is 6.54 Å². The Kier molecular flexibility index (Phi) is 6.89. The monoisotopic (exact) mass is 484 g/mol. The molecule has 1 aromatic carbocycles. The molecule has 1 aliphatic rings. The van der Waals surface area contributed by atoms with E-state index in [1.165, 1.54) is 35.0 Å². The molecule has 2 aromatic heterocycles. The molecule has 186 valence electrons. The van der Waals surface area contributed by atoms with Crippen LogP contribution in [0.3, 0.4) is 0 Å². The van der Waals surface area contributed by atoms with E-state index >= 15 is 0 Å². The zero-order valence-corrected chi connectivity index (χ0v) is 20.1. The molecule has 0 fully saturated rings. The lowest BCUT2D eigenvalue weighted by Gasteiger charge is -2.17. The Morgan fingerprint density at radius 2 is 1.94 bits per heavy atom. The number of benzene rings is 1. The van der Waals surface area contributed by atoms with Crippen molar-refractivity contribution in [2.45, 2.75) is 64.1 Å². The summed E-state index contributed by atoms with van der Waals surface area (Å²) in [5.74, 6) is 6.46. The minimum absolute atomic E-state index is 0.159. The van der Waals surface area contributed by atoms with Gasteiger partial charge in [0.15, 0.2) is 5.70 Å². The highest BCUT2D eigenvalue weighted by molar-refractivity contribution is 5.69. The molecule has 5 N–H and O–H groups in total. The number of hydrazine groups is 1. The van der Waals surface area contributed by atoms with Gasteiger partial charge < -0.3 is 15.7 Å². The Hall–Kier alpha value is -3.33. The van der Waals surface area contributed by atoms with Gasteiger partial charge in [-0.05, 0) is 53.5 Å². The Balaban J connectivity index is 1.60. The van der Waals surface area contributed by atoms with E-state index in [1.54, 1.807) is 11.8 Å². The number of halogens is 3. The van der Waals surface area contributed by atoms with Gasteiger partial charge in [0.2, 0.25) is 0 Å². The highest BCUT2D eigenvalue weighted by atomic mass is 19.4. The van der Waals surface area contributed by atoms with Crippen molar-refractivity contribution >= 4 is 5.70 Å². The van der Waals surface area contributed by atoms with E-state index in [0.717, 1.165) is 19.4 Å². The fourth-order valence-corrected chi connectivity index (χ4v) is 5.11. The Labute approximate surface area is 203 Å². The number of pyridine rings is 1. The number of nitrogens with zero attached hydrogens (tertiary/aromatic N) is 3. The largest absolute Gasteiger partial charge is 0.434 e.